The largest absolute Gasteiger partial charge is 0.361 e. The zero-order chi connectivity index (χ0) is 16.4. The van der Waals surface area contributed by atoms with Gasteiger partial charge in [0.2, 0.25) is 0 Å². The predicted molar refractivity (Wildman–Crippen MR) is 100 cm³/mol. The summed E-state index contributed by atoms with van der Waals surface area (Å²) in [6.45, 7) is 6.04. The van der Waals surface area contributed by atoms with E-state index in [9.17, 15) is 0 Å². The maximum Gasteiger partial charge on any atom is 0.0457 e. The SMILES string of the molecule is CN1CCC(N2CCC(NCc3cccc4[nH]ccc34)CC2)CC1. The predicted octanol–water partition coefficient (Wildman–Crippen LogP) is 2.82. The molecule has 24 heavy (non-hydrogen) atoms. The summed E-state index contributed by atoms with van der Waals surface area (Å²) in [6, 6.07) is 10.2. The molecule has 0 saturated carbocycles. The monoisotopic (exact) mass is 326 g/mol. The highest BCUT2D eigenvalue weighted by Gasteiger charge is 2.27. The fourth-order valence-electron chi connectivity index (χ4n) is 4.39. The molecule has 0 unspecified atom stereocenters. The Balaban J connectivity index is 1.27. The van der Waals surface area contributed by atoms with Gasteiger partial charge in [-0.05, 0) is 76.6 Å². The molecule has 4 nitrogen and oxygen atoms in total. The average molecular weight is 326 g/mol. The fraction of sp³-hybridized carbons (Fsp3) is 0.600. The van der Waals surface area contributed by atoms with Gasteiger partial charge in [0.1, 0.15) is 0 Å². The molecule has 0 radical (unpaired) electrons. The molecule has 4 heteroatoms. The van der Waals surface area contributed by atoms with E-state index in [1.54, 1.807) is 0 Å². The second-order valence-corrected chi connectivity index (χ2v) is 7.58. The maximum absolute atomic E-state index is 3.80. The van der Waals surface area contributed by atoms with Crippen molar-refractivity contribution in [2.75, 3.05) is 33.2 Å². The third-order valence-electron chi connectivity index (χ3n) is 6.00. The zero-order valence-electron chi connectivity index (χ0n) is 14.8. The molecule has 2 saturated heterocycles. The Labute approximate surface area is 145 Å². The number of nitrogens with zero attached hydrogens (tertiary/aromatic N) is 2. The number of fused-ring (bicyclic) bond motifs is 1. The summed E-state index contributed by atoms with van der Waals surface area (Å²) in [5, 5.41) is 5.16. The highest BCUT2D eigenvalue weighted by atomic mass is 15.2. The topological polar surface area (TPSA) is 34.3 Å². The van der Waals surface area contributed by atoms with Gasteiger partial charge in [0.25, 0.3) is 0 Å². The van der Waals surface area contributed by atoms with Crippen LogP contribution in [0.25, 0.3) is 10.9 Å². The van der Waals surface area contributed by atoms with Crippen molar-refractivity contribution >= 4 is 10.9 Å². The molecule has 4 rings (SSSR count). The van der Waals surface area contributed by atoms with Crippen molar-refractivity contribution in [2.45, 2.75) is 44.3 Å². The molecular weight excluding hydrogens is 296 g/mol. The van der Waals surface area contributed by atoms with Crippen LogP contribution in [0.4, 0.5) is 0 Å². The number of benzene rings is 1. The van der Waals surface area contributed by atoms with E-state index in [2.05, 4.69) is 51.4 Å². The first-order valence-electron chi connectivity index (χ1n) is 9.50. The van der Waals surface area contributed by atoms with Crippen LogP contribution in [0.2, 0.25) is 0 Å². The van der Waals surface area contributed by atoms with Gasteiger partial charge >= 0.3 is 0 Å². The summed E-state index contributed by atoms with van der Waals surface area (Å²) in [5.74, 6) is 0. The van der Waals surface area contributed by atoms with Crippen LogP contribution in [-0.2, 0) is 6.54 Å². The van der Waals surface area contributed by atoms with E-state index < -0.39 is 0 Å². The minimum Gasteiger partial charge on any atom is -0.361 e. The van der Waals surface area contributed by atoms with Gasteiger partial charge in [-0.2, -0.15) is 0 Å². The Morgan fingerprint density at radius 1 is 1.04 bits per heavy atom. The number of piperidine rings is 2. The molecule has 3 heterocycles. The van der Waals surface area contributed by atoms with Crippen LogP contribution >= 0.6 is 0 Å². The first kappa shape index (κ1) is 16.1. The molecule has 2 fully saturated rings. The number of H-pyrrole nitrogens is 1. The van der Waals surface area contributed by atoms with Gasteiger partial charge in [-0.15, -0.1) is 0 Å². The molecule has 0 aliphatic carbocycles. The smallest absolute Gasteiger partial charge is 0.0457 e. The highest BCUT2D eigenvalue weighted by Crippen LogP contribution is 2.22. The molecule has 1 aromatic heterocycles. The van der Waals surface area contributed by atoms with E-state index >= 15 is 0 Å². The summed E-state index contributed by atoms with van der Waals surface area (Å²) >= 11 is 0. The quantitative estimate of drug-likeness (QED) is 0.907. The van der Waals surface area contributed by atoms with Crippen LogP contribution < -0.4 is 5.32 Å². The summed E-state index contributed by atoms with van der Waals surface area (Å²) < 4.78 is 0. The van der Waals surface area contributed by atoms with E-state index in [-0.39, 0.29) is 0 Å². The minimum absolute atomic E-state index is 0.668. The van der Waals surface area contributed by atoms with Crippen LogP contribution in [0, 0.1) is 0 Å². The summed E-state index contributed by atoms with van der Waals surface area (Å²) in [7, 11) is 2.25. The lowest BCUT2D eigenvalue weighted by molar-refractivity contribution is 0.0921. The normalized spacial score (nSPS) is 22.4. The highest BCUT2D eigenvalue weighted by molar-refractivity contribution is 5.82. The van der Waals surface area contributed by atoms with E-state index in [0.717, 1.165) is 12.6 Å². The maximum atomic E-state index is 3.80. The number of aromatic amines is 1. The number of rotatable bonds is 4. The Hall–Kier alpha value is -1.36. The van der Waals surface area contributed by atoms with Crippen LogP contribution in [-0.4, -0.2) is 60.1 Å². The lowest BCUT2D eigenvalue weighted by Gasteiger charge is -2.41. The second kappa shape index (κ2) is 7.26. The molecule has 0 atom stereocenters. The molecule has 0 amide bonds. The minimum atomic E-state index is 0.668. The lowest BCUT2D eigenvalue weighted by Crippen LogP contribution is -2.49. The van der Waals surface area contributed by atoms with Crippen LogP contribution in [0.1, 0.15) is 31.2 Å². The number of nitrogens with one attached hydrogen (secondary N) is 2. The van der Waals surface area contributed by atoms with Crippen molar-refractivity contribution in [1.29, 1.82) is 0 Å². The van der Waals surface area contributed by atoms with E-state index in [4.69, 9.17) is 0 Å². The number of likely N-dealkylation sites (tertiary alicyclic amines) is 2. The van der Waals surface area contributed by atoms with E-state index in [0.29, 0.717) is 6.04 Å². The zero-order valence-corrected chi connectivity index (χ0v) is 14.8. The van der Waals surface area contributed by atoms with Gasteiger partial charge < -0.3 is 20.1 Å². The van der Waals surface area contributed by atoms with Crippen LogP contribution in [0.5, 0.6) is 0 Å². The van der Waals surface area contributed by atoms with Gasteiger partial charge in [-0.25, -0.2) is 0 Å². The van der Waals surface area contributed by atoms with Gasteiger partial charge in [0, 0.05) is 35.7 Å². The van der Waals surface area contributed by atoms with Gasteiger partial charge in [0.05, 0.1) is 0 Å². The van der Waals surface area contributed by atoms with Crippen molar-refractivity contribution in [1.82, 2.24) is 20.1 Å². The molecule has 0 bridgehead atoms. The van der Waals surface area contributed by atoms with E-state index in [1.807, 2.05) is 6.20 Å². The van der Waals surface area contributed by atoms with Crippen LogP contribution in [0.3, 0.4) is 0 Å². The Morgan fingerprint density at radius 2 is 1.83 bits per heavy atom. The molecule has 2 N–H and O–H groups in total. The lowest BCUT2D eigenvalue weighted by atomic mass is 9.98. The molecule has 2 aromatic rings. The van der Waals surface area contributed by atoms with Crippen molar-refractivity contribution in [3.8, 4) is 0 Å². The van der Waals surface area contributed by atoms with Gasteiger partial charge in [-0.3, -0.25) is 0 Å². The molecule has 130 valence electrons. The van der Waals surface area contributed by atoms with Crippen molar-refractivity contribution in [2.24, 2.45) is 0 Å². The first-order valence-corrected chi connectivity index (χ1v) is 9.50. The number of hydrogen-bond acceptors (Lipinski definition) is 3. The summed E-state index contributed by atoms with van der Waals surface area (Å²) in [4.78, 5) is 8.52. The molecule has 1 aromatic carbocycles. The van der Waals surface area contributed by atoms with Crippen molar-refractivity contribution in [3.05, 3.63) is 36.0 Å². The van der Waals surface area contributed by atoms with Crippen LogP contribution in [0.15, 0.2) is 30.5 Å². The Morgan fingerprint density at radius 3 is 2.62 bits per heavy atom. The molecule has 0 spiro atoms. The second-order valence-electron chi connectivity index (χ2n) is 7.58. The first-order chi connectivity index (χ1) is 11.8. The molecular formula is C20H30N4. The number of hydrogen-bond donors (Lipinski definition) is 2. The van der Waals surface area contributed by atoms with Crippen molar-refractivity contribution in [3.63, 3.8) is 0 Å². The average Bonchev–Trinajstić information content (AvgIpc) is 3.10. The van der Waals surface area contributed by atoms with Crippen molar-refractivity contribution < 1.29 is 0 Å². The summed E-state index contributed by atoms with van der Waals surface area (Å²) in [5.41, 5.74) is 2.65. The fourth-order valence-corrected chi connectivity index (χ4v) is 4.39. The molecule has 2 aliphatic rings. The van der Waals surface area contributed by atoms with E-state index in [1.165, 1.54) is 68.3 Å². The standard InChI is InChI=1S/C20H30N4/c1-23-11-8-18(9-12-23)24-13-6-17(7-14-24)22-15-16-3-2-4-20-19(16)5-10-21-20/h2-5,10,17-18,21-22H,6-9,11-15H2,1H3. The van der Waals surface area contributed by atoms with Gasteiger partial charge in [0.15, 0.2) is 0 Å². The third-order valence-corrected chi connectivity index (χ3v) is 6.00. The Kier molecular flexibility index (Phi) is 4.88. The summed E-state index contributed by atoms with van der Waals surface area (Å²) in [6.07, 6.45) is 7.31. The number of aromatic nitrogens is 1. The third kappa shape index (κ3) is 3.51. The molecule has 2 aliphatic heterocycles. The van der Waals surface area contributed by atoms with Gasteiger partial charge in [-0.1, -0.05) is 12.1 Å². The Bertz CT molecular complexity index is 648.